The van der Waals surface area contributed by atoms with E-state index in [4.69, 9.17) is 0 Å². The van der Waals surface area contributed by atoms with Crippen LogP contribution in [0.25, 0.3) is 0 Å². The molecule has 1 aliphatic rings. The van der Waals surface area contributed by atoms with Crippen LogP contribution >= 0.6 is 0 Å². The molecule has 0 radical (unpaired) electrons. The normalized spacial score (nSPS) is 13.1. The molecule has 0 saturated heterocycles. The van der Waals surface area contributed by atoms with Crippen LogP contribution in [0.2, 0.25) is 0 Å². The molecule has 122 valence electrons. The third kappa shape index (κ3) is 3.15. The van der Waals surface area contributed by atoms with Gasteiger partial charge in [-0.05, 0) is 36.2 Å². The van der Waals surface area contributed by atoms with E-state index in [0.29, 0.717) is 13.0 Å². The molecule has 0 bridgehead atoms. The monoisotopic (exact) mass is 327 g/mol. The van der Waals surface area contributed by atoms with E-state index in [1.54, 1.807) is 18.2 Å². The van der Waals surface area contributed by atoms with Crippen LogP contribution in [0.3, 0.4) is 0 Å². The average Bonchev–Trinajstić information content (AvgIpc) is 2.82. The van der Waals surface area contributed by atoms with E-state index in [1.807, 2.05) is 0 Å². The van der Waals surface area contributed by atoms with Crippen molar-refractivity contribution < 1.29 is 18.8 Å². The highest BCUT2D eigenvalue weighted by atomic mass is 19.1. The number of fused-ring (bicyclic) bond motifs is 1. The number of amides is 3. The predicted octanol–water partition coefficient (Wildman–Crippen LogP) is 1.18. The van der Waals surface area contributed by atoms with Crippen LogP contribution in [0, 0.1) is 5.82 Å². The van der Waals surface area contributed by atoms with Gasteiger partial charge in [-0.25, -0.2) is 4.39 Å². The van der Waals surface area contributed by atoms with Crippen molar-refractivity contribution in [3.63, 3.8) is 0 Å². The molecule has 6 nitrogen and oxygen atoms in total. The molecule has 0 atom stereocenters. The summed E-state index contributed by atoms with van der Waals surface area (Å²) in [6.45, 7) is -0.0245. The average molecular weight is 327 g/mol. The number of pyridine rings is 1. The maximum Gasteiger partial charge on any atom is 0.280 e. The molecular formula is C17H14FN3O3. The van der Waals surface area contributed by atoms with Crippen molar-refractivity contribution in [1.29, 1.82) is 0 Å². The van der Waals surface area contributed by atoms with Crippen molar-refractivity contribution in [2.24, 2.45) is 0 Å². The van der Waals surface area contributed by atoms with Crippen molar-refractivity contribution >= 4 is 17.7 Å². The molecule has 1 aliphatic heterocycles. The zero-order valence-corrected chi connectivity index (χ0v) is 12.7. The van der Waals surface area contributed by atoms with E-state index in [1.165, 1.54) is 24.4 Å². The minimum Gasteiger partial charge on any atom is -0.354 e. The maximum atomic E-state index is 12.8. The number of nitrogens with one attached hydrogen (secondary N) is 1. The summed E-state index contributed by atoms with van der Waals surface area (Å²) >= 11 is 0. The second-order valence-electron chi connectivity index (χ2n) is 5.32. The molecule has 0 unspecified atom stereocenters. The van der Waals surface area contributed by atoms with Crippen LogP contribution in [0.5, 0.6) is 0 Å². The number of benzene rings is 1. The molecule has 0 saturated carbocycles. The van der Waals surface area contributed by atoms with Gasteiger partial charge in [0, 0.05) is 12.7 Å². The van der Waals surface area contributed by atoms with Gasteiger partial charge in [-0.1, -0.05) is 12.1 Å². The highest BCUT2D eigenvalue weighted by molar-refractivity contribution is 6.21. The largest absolute Gasteiger partial charge is 0.354 e. The van der Waals surface area contributed by atoms with E-state index in [2.05, 4.69) is 10.3 Å². The lowest BCUT2D eigenvalue weighted by Gasteiger charge is -2.13. The fourth-order valence-electron chi connectivity index (χ4n) is 2.45. The number of hydrogen-bond acceptors (Lipinski definition) is 4. The smallest absolute Gasteiger partial charge is 0.280 e. The van der Waals surface area contributed by atoms with Gasteiger partial charge in [0.2, 0.25) is 5.91 Å². The molecule has 0 fully saturated rings. The van der Waals surface area contributed by atoms with Crippen molar-refractivity contribution in [3.8, 4) is 0 Å². The lowest BCUT2D eigenvalue weighted by Crippen LogP contribution is -2.40. The van der Waals surface area contributed by atoms with Crippen molar-refractivity contribution in [2.45, 2.75) is 6.42 Å². The molecule has 0 aliphatic carbocycles. The number of aromatic nitrogens is 1. The summed E-state index contributed by atoms with van der Waals surface area (Å²) in [4.78, 5) is 40.9. The summed E-state index contributed by atoms with van der Waals surface area (Å²) in [6, 6.07) is 9.05. The molecule has 1 aromatic heterocycles. The van der Waals surface area contributed by atoms with Crippen molar-refractivity contribution in [2.75, 3.05) is 13.1 Å². The van der Waals surface area contributed by atoms with E-state index in [9.17, 15) is 18.8 Å². The Kier molecular flexibility index (Phi) is 4.33. The molecule has 24 heavy (non-hydrogen) atoms. The number of halogens is 1. The minimum absolute atomic E-state index is 0.0709. The number of carbonyl (C=O) groups excluding carboxylic acids is 3. The van der Waals surface area contributed by atoms with Gasteiger partial charge in [-0.2, -0.15) is 0 Å². The topological polar surface area (TPSA) is 79.4 Å². The van der Waals surface area contributed by atoms with Crippen molar-refractivity contribution in [3.05, 3.63) is 65.2 Å². The van der Waals surface area contributed by atoms with Crippen LogP contribution in [-0.4, -0.2) is 40.7 Å². The Bertz CT molecular complexity index is 770. The Morgan fingerprint density at radius 2 is 1.88 bits per heavy atom. The highest BCUT2D eigenvalue weighted by Crippen LogP contribution is 2.19. The van der Waals surface area contributed by atoms with Crippen LogP contribution in [0.1, 0.15) is 26.4 Å². The van der Waals surface area contributed by atoms with Crippen molar-refractivity contribution in [1.82, 2.24) is 15.2 Å². The SMILES string of the molecule is O=C(CN1C(=O)c2cccnc2C1=O)NCCc1ccc(F)cc1. The Balaban J connectivity index is 1.53. The lowest BCUT2D eigenvalue weighted by molar-refractivity contribution is -0.121. The molecule has 2 heterocycles. The molecule has 0 spiro atoms. The fourth-order valence-corrected chi connectivity index (χ4v) is 2.45. The number of hydrogen-bond donors (Lipinski definition) is 1. The quantitative estimate of drug-likeness (QED) is 0.836. The van der Waals surface area contributed by atoms with Gasteiger partial charge in [-0.3, -0.25) is 24.3 Å². The first-order chi connectivity index (χ1) is 11.6. The Labute approximate surface area is 137 Å². The minimum atomic E-state index is -0.565. The lowest BCUT2D eigenvalue weighted by atomic mass is 10.1. The predicted molar refractivity (Wildman–Crippen MR) is 82.7 cm³/mol. The fraction of sp³-hybridized carbons (Fsp3) is 0.176. The molecule has 7 heteroatoms. The zero-order valence-electron chi connectivity index (χ0n) is 12.7. The number of rotatable bonds is 5. The first-order valence-corrected chi connectivity index (χ1v) is 7.38. The number of nitrogens with zero attached hydrogens (tertiary/aromatic N) is 2. The third-order valence-electron chi connectivity index (χ3n) is 3.68. The van der Waals surface area contributed by atoms with E-state index >= 15 is 0 Å². The van der Waals surface area contributed by atoms with Crippen LogP contribution in [0.15, 0.2) is 42.6 Å². The number of carbonyl (C=O) groups is 3. The summed E-state index contributed by atoms with van der Waals surface area (Å²) in [6.07, 6.45) is 1.95. The van der Waals surface area contributed by atoms with E-state index < -0.39 is 17.7 Å². The van der Waals surface area contributed by atoms with Crippen LogP contribution < -0.4 is 5.32 Å². The second-order valence-corrected chi connectivity index (χ2v) is 5.32. The summed E-state index contributed by atoms with van der Waals surface area (Å²) < 4.78 is 12.8. The highest BCUT2D eigenvalue weighted by Gasteiger charge is 2.37. The summed E-state index contributed by atoms with van der Waals surface area (Å²) in [7, 11) is 0. The van der Waals surface area contributed by atoms with Gasteiger partial charge in [0.05, 0.1) is 5.56 Å². The van der Waals surface area contributed by atoms with E-state index in [0.717, 1.165) is 10.5 Å². The van der Waals surface area contributed by atoms with Gasteiger partial charge in [0.1, 0.15) is 18.1 Å². The third-order valence-corrected chi connectivity index (χ3v) is 3.68. The molecule has 1 N–H and O–H groups in total. The Morgan fingerprint density at radius 1 is 1.12 bits per heavy atom. The molecule has 1 aromatic carbocycles. The second kappa shape index (κ2) is 6.57. The Morgan fingerprint density at radius 3 is 2.58 bits per heavy atom. The summed E-state index contributed by atoms with van der Waals surface area (Å²) in [5, 5.41) is 2.64. The van der Waals surface area contributed by atoms with Gasteiger partial charge in [0.15, 0.2) is 0 Å². The van der Waals surface area contributed by atoms with Gasteiger partial charge >= 0.3 is 0 Å². The van der Waals surface area contributed by atoms with Gasteiger partial charge < -0.3 is 5.32 Å². The standard InChI is InChI=1S/C17H14FN3O3/c18-12-5-3-11(4-6-12)7-9-19-14(22)10-21-16(23)13-2-1-8-20-15(13)17(21)24/h1-6,8H,7,9-10H2,(H,19,22). The van der Waals surface area contributed by atoms with Crippen LogP contribution in [-0.2, 0) is 11.2 Å². The molecule has 3 amide bonds. The van der Waals surface area contributed by atoms with Crippen LogP contribution in [0.4, 0.5) is 4.39 Å². The van der Waals surface area contributed by atoms with E-state index in [-0.39, 0.29) is 23.6 Å². The first kappa shape index (κ1) is 15.8. The summed E-state index contributed by atoms with van der Waals surface area (Å²) in [5.41, 5.74) is 1.16. The summed E-state index contributed by atoms with van der Waals surface area (Å²) in [5.74, 6) is -1.84. The Hall–Kier alpha value is -3.09. The zero-order chi connectivity index (χ0) is 17.1. The number of imide groups is 1. The molecular weight excluding hydrogens is 313 g/mol. The first-order valence-electron chi connectivity index (χ1n) is 7.38. The van der Waals surface area contributed by atoms with Gasteiger partial charge in [-0.15, -0.1) is 0 Å². The molecule has 2 aromatic rings. The van der Waals surface area contributed by atoms with Gasteiger partial charge in [0.25, 0.3) is 11.8 Å². The maximum absolute atomic E-state index is 12.8. The molecule has 3 rings (SSSR count).